The Hall–Kier alpha value is -2.03. The summed E-state index contributed by atoms with van der Waals surface area (Å²) in [6, 6.07) is 11.8. The average Bonchev–Trinajstić information content (AvgIpc) is 2.71. The summed E-state index contributed by atoms with van der Waals surface area (Å²) >= 11 is 1.56. The van der Waals surface area contributed by atoms with Crippen LogP contribution in [0.4, 0.5) is 0 Å². The third-order valence-corrected chi connectivity index (χ3v) is 6.74. The van der Waals surface area contributed by atoms with E-state index in [9.17, 15) is 13.2 Å². The summed E-state index contributed by atoms with van der Waals surface area (Å²) in [5.41, 5.74) is 2.39. The summed E-state index contributed by atoms with van der Waals surface area (Å²) < 4.78 is 33.6. The van der Waals surface area contributed by atoms with Crippen molar-refractivity contribution in [3.8, 4) is 5.75 Å². The van der Waals surface area contributed by atoms with Crippen LogP contribution in [0.1, 0.15) is 23.1 Å². The van der Waals surface area contributed by atoms with E-state index in [1.165, 1.54) is 0 Å². The van der Waals surface area contributed by atoms with Crippen LogP contribution in [0.5, 0.6) is 5.75 Å². The van der Waals surface area contributed by atoms with E-state index in [1.807, 2.05) is 43.5 Å². The molecule has 0 spiro atoms. The minimum atomic E-state index is -3.82. The molecule has 0 radical (unpaired) electrons. The Kier molecular flexibility index (Phi) is 8.55. The van der Waals surface area contributed by atoms with E-state index >= 15 is 0 Å². The van der Waals surface area contributed by atoms with Crippen molar-refractivity contribution in [1.82, 2.24) is 10.0 Å². The molecule has 29 heavy (non-hydrogen) atoms. The molecule has 8 heteroatoms. The molecule has 2 rings (SSSR count). The molecule has 0 fully saturated rings. The monoisotopic (exact) mass is 436 g/mol. The first-order valence-corrected chi connectivity index (χ1v) is 12.1. The second kappa shape index (κ2) is 10.7. The number of sulfonamides is 1. The lowest BCUT2D eigenvalue weighted by molar-refractivity contribution is -0.122. The lowest BCUT2D eigenvalue weighted by atomic mass is 10.2. The maximum atomic E-state index is 12.9. The Morgan fingerprint density at radius 1 is 1.14 bits per heavy atom. The fourth-order valence-electron chi connectivity index (χ4n) is 2.78. The predicted molar refractivity (Wildman–Crippen MR) is 118 cm³/mol. The topological polar surface area (TPSA) is 84.5 Å². The van der Waals surface area contributed by atoms with Gasteiger partial charge in [0.15, 0.2) is 0 Å². The van der Waals surface area contributed by atoms with Crippen molar-refractivity contribution in [3.63, 3.8) is 0 Å². The maximum Gasteiger partial charge on any atom is 0.241 e. The zero-order valence-corrected chi connectivity index (χ0v) is 18.8. The summed E-state index contributed by atoms with van der Waals surface area (Å²) in [6.07, 6.45) is 2.32. The molecule has 1 atom stereocenters. The van der Waals surface area contributed by atoms with E-state index in [0.717, 1.165) is 16.9 Å². The largest absolute Gasteiger partial charge is 0.497 e. The number of aryl methyl sites for hydroxylation is 2. The zero-order chi connectivity index (χ0) is 21.4. The lowest BCUT2D eigenvalue weighted by Crippen LogP contribution is -2.46. The Labute approximate surface area is 177 Å². The molecule has 0 bridgehead atoms. The van der Waals surface area contributed by atoms with Crippen LogP contribution in [0.15, 0.2) is 47.4 Å². The lowest BCUT2D eigenvalue weighted by Gasteiger charge is -2.19. The summed E-state index contributed by atoms with van der Waals surface area (Å²) in [7, 11) is -2.22. The number of carbonyl (C=O) groups excluding carboxylic acids is 1. The van der Waals surface area contributed by atoms with Gasteiger partial charge in [0.2, 0.25) is 15.9 Å². The minimum Gasteiger partial charge on any atom is -0.497 e. The van der Waals surface area contributed by atoms with Crippen molar-refractivity contribution in [3.05, 3.63) is 59.2 Å². The number of nitrogens with one attached hydrogen (secondary N) is 2. The molecule has 2 N–H and O–H groups in total. The fraction of sp³-hybridized carbons (Fsp3) is 0.381. The molecule has 0 aliphatic heterocycles. The molecule has 0 heterocycles. The van der Waals surface area contributed by atoms with Crippen LogP contribution < -0.4 is 14.8 Å². The van der Waals surface area contributed by atoms with Crippen LogP contribution in [0.2, 0.25) is 0 Å². The number of carbonyl (C=O) groups is 1. The van der Waals surface area contributed by atoms with Gasteiger partial charge in [0, 0.05) is 6.54 Å². The van der Waals surface area contributed by atoms with Gasteiger partial charge in [0.1, 0.15) is 11.8 Å². The number of benzene rings is 2. The second-order valence-electron chi connectivity index (χ2n) is 6.79. The van der Waals surface area contributed by atoms with E-state index in [-0.39, 0.29) is 10.8 Å². The normalized spacial score (nSPS) is 12.4. The number of hydrogen-bond acceptors (Lipinski definition) is 5. The summed E-state index contributed by atoms with van der Waals surface area (Å²) in [5.74, 6) is 1.05. The molecular formula is C21H28N2O4S2. The van der Waals surface area contributed by atoms with Crippen molar-refractivity contribution < 1.29 is 17.9 Å². The molecule has 0 aliphatic rings. The van der Waals surface area contributed by atoms with Crippen LogP contribution in [0, 0.1) is 13.8 Å². The van der Waals surface area contributed by atoms with Gasteiger partial charge >= 0.3 is 0 Å². The molecule has 6 nitrogen and oxygen atoms in total. The molecular weight excluding hydrogens is 408 g/mol. The first-order chi connectivity index (χ1) is 13.8. The second-order valence-corrected chi connectivity index (χ2v) is 9.46. The van der Waals surface area contributed by atoms with Crippen LogP contribution in [0.3, 0.4) is 0 Å². The zero-order valence-electron chi connectivity index (χ0n) is 17.2. The van der Waals surface area contributed by atoms with Gasteiger partial charge in [-0.1, -0.05) is 24.3 Å². The number of rotatable bonds is 10. The highest BCUT2D eigenvalue weighted by Crippen LogP contribution is 2.18. The van der Waals surface area contributed by atoms with Crippen molar-refractivity contribution in [2.75, 3.05) is 19.1 Å². The van der Waals surface area contributed by atoms with Gasteiger partial charge in [-0.2, -0.15) is 16.5 Å². The Balaban J connectivity index is 2.12. The molecule has 0 saturated carbocycles. The summed E-state index contributed by atoms with van der Waals surface area (Å²) in [6.45, 7) is 3.89. The van der Waals surface area contributed by atoms with Crippen LogP contribution >= 0.6 is 11.8 Å². The molecule has 0 saturated heterocycles. The quantitative estimate of drug-likeness (QED) is 0.598. The highest BCUT2D eigenvalue weighted by molar-refractivity contribution is 7.98. The molecule has 2 aromatic carbocycles. The van der Waals surface area contributed by atoms with Gasteiger partial charge < -0.3 is 10.1 Å². The van der Waals surface area contributed by atoms with Crippen molar-refractivity contribution in [1.29, 1.82) is 0 Å². The van der Waals surface area contributed by atoms with E-state index in [2.05, 4.69) is 10.0 Å². The van der Waals surface area contributed by atoms with E-state index in [0.29, 0.717) is 24.3 Å². The molecule has 1 amide bonds. The number of hydrogen-bond donors (Lipinski definition) is 2. The van der Waals surface area contributed by atoms with E-state index in [4.69, 9.17) is 4.74 Å². The third kappa shape index (κ3) is 6.76. The van der Waals surface area contributed by atoms with Gasteiger partial charge in [0.25, 0.3) is 0 Å². The number of amides is 1. The molecule has 0 aliphatic carbocycles. The van der Waals surface area contributed by atoms with Crippen LogP contribution in [-0.2, 0) is 21.4 Å². The average molecular weight is 437 g/mol. The predicted octanol–water partition coefficient (Wildman–Crippen LogP) is 3.03. The van der Waals surface area contributed by atoms with Gasteiger partial charge in [-0.25, -0.2) is 8.42 Å². The van der Waals surface area contributed by atoms with Gasteiger partial charge in [-0.05, 0) is 67.2 Å². The molecule has 158 valence electrons. The van der Waals surface area contributed by atoms with E-state index < -0.39 is 16.1 Å². The van der Waals surface area contributed by atoms with Crippen LogP contribution in [-0.4, -0.2) is 39.5 Å². The highest BCUT2D eigenvalue weighted by atomic mass is 32.2. The number of thioether (sulfide) groups is 1. The summed E-state index contributed by atoms with van der Waals surface area (Å²) in [5, 5.41) is 2.83. The fourth-order valence-corrected chi connectivity index (χ4v) is 4.81. The Morgan fingerprint density at radius 3 is 2.45 bits per heavy atom. The van der Waals surface area contributed by atoms with Gasteiger partial charge in [-0.3, -0.25) is 4.79 Å². The van der Waals surface area contributed by atoms with Crippen molar-refractivity contribution >= 4 is 27.7 Å². The maximum absolute atomic E-state index is 12.9. The summed E-state index contributed by atoms with van der Waals surface area (Å²) in [4.78, 5) is 12.9. The van der Waals surface area contributed by atoms with Crippen molar-refractivity contribution in [2.45, 2.75) is 37.8 Å². The van der Waals surface area contributed by atoms with Crippen molar-refractivity contribution in [2.24, 2.45) is 0 Å². The molecule has 0 aromatic heterocycles. The van der Waals surface area contributed by atoms with Gasteiger partial charge in [-0.15, -0.1) is 0 Å². The van der Waals surface area contributed by atoms with E-state index in [1.54, 1.807) is 37.9 Å². The molecule has 2 aromatic rings. The Morgan fingerprint density at radius 2 is 1.83 bits per heavy atom. The standard InChI is InChI=1S/C21H28N2O4S2/c1-15-5-6-16(2)20(13-15)29(25,26)23-19(11-12-28-4)21(24)22-14-17-7-9-18(27-3)10-8-17/h5-10,13,19,23H,11-12,14H2,1-4H3,(H,22,24). The highest BCUT2D eigenvalue weighted by Gasteiger charge is 2.26. The Bertz CT molecular complexity index is 928. The minimum absolute atomic E-state index is 0.203. The van der Waals surface area contributed by atoms with Gasteiger partial charge in [0.05, 0.1) is 12.0 Å². The number of ether oxygens (including phenoxy) is 1. The molecule has 1 unspecified atom stereocenters. The first kappa shape index (κ1) is 23.3. The smallest absolute Gasteiger partial charge is 0.241 e. The first-order valence-electron chi connectivity index (χ1n) is 9.26. The van der Waals surface area contributed by atoms with Crippen LogP contribution in [0.25, 0.3) is 0 Å². The SMILES string of the molecule is COc1ccc(CNC(=O)C(CCSC)NS(=O)(=O)c2cc(C)ccc2C)cc1. The third-order valence-electron chi connectivity index (χ3n) is 4.48. The number of methoxy groups -OCH3 is 1.